The quantitative estimate of drug-likeness (QED) is 0.753. The van der Waals surface area contributed by atoms with E-state index in [1.165, 1.54) is 12.8 Å². The summed E-state index contributed by atoms with van der Waals surface area (Å²) in [6.07, 6.45) is 3.97. The summed E-state index contributed by atoms with van der Waals surface area (Å²) < 4.78 is 5.10. The van der Waals surface area contributed by atoms with Gasteiger partial charge in [-0.2, -0.15) is 0 Å². The van der Waals surface area contributed by atoms with Gasteiger partial charge in [-0.3, -0.25) is 4.79 Å². The molecule has 19 heavy (non-hydrogen) atoms. The van der Waals surface area contributed by atoms with Crippen LogP contribution in [-0.4, -0.2) is 42.1 Å². The Balaban J connectivity index is 2.14. The molecule has 104 valence electrons. The minimum Gasteiger partial charge on any atom is -0.383 e. The lowest BCUT2D eigenvalue weighted by molar-refractivity contribution is 0.0594. The molecule has 1 atom stereocenters. The number of halogens is 1. The molecule has 0 radical (unpaired) electrons. The molecule has 1 aromatic rings. The van der Waals surface area contributed by atoms with Gasteiger partial charge < -0.3 is 9.64 Å². The van der Waals surface area contributed by atoms with Crippen LogP contribution in [0.15, 0.2) is 18.3 Å². The van der Waals surface area contributed by atoms with Crippen LogP contribution in [0.2, 0.25) is 5.15 Å². The van der Waals surface area contributed by atoms with Gasteiger partial charge in [-0.15, -0.1) is 0 Å². The van der Waals surface area contributed by atoms with Crippen molar-refractivity contribution in [3.8, 4) is 0 Å². The molecule has 5 heteroatoms. The molecule has 4 nitrogen and oxygen atoms in total. The number of rotatable bonds is 6. The third-order valence-corrected chi connectivity index (χ3v) is 3.77. The highest BCUT2D eigenvalue weighted by Crippen LogP contribution is 2.35. The van der Waals surface area contributed by atoms with Gasteiger partial charge in [0.1, 0.15) is 5.15 Å². The molecule has 0 aliphatic heterocycles. The third kappa shape index (κ3) is 3.67. The fraction of sp³-hybridized carbons (Fsp3) is 0.571. The van der Waals surface area contributed by atoms with Crippen molar-refractivity contribution in [2.24, 2.45) is 5.92 Å². The maximum Gasteiger partial charge on any atom is 0.254 e. The average molecular weight is 283 g/mol. The first-order chi connectivity index (χ1) is 9.13. The number of aromatic nitrogens is 1. The smallest absolute Gasteiger partial charge is 0.254 e. The van der Waals surface area contributed by atoms with E-state index in [4.69, 9.17) is 16.3 Å². The van der Waals surface area contributed by atoms with Gasteiger partial charge in [0.15, 0.2) is 0 Å². The zero-order chi connectivity index (χ0) is 13.8. The number of nitrogens with zero attached hydrogens (tertiary/aromatic N) is 2. The van der Waals surface area contributed by atoms with E-state index in [9.17, 15) is 4.79 Å². The Bertz CT molecular complexity index is 449. The molecule has 1 saturated carbocycles. The van der Waals surface area contributed by atoms with Gasteiger partial charge in [0.25, 0.3) is 5.91 Å². The van der Waals surface area contributed by atoms with Gasteiger partial charge in [-0.1, -0.05) is 11.6 Å². The highest BCUT2D eigenvalue weighted by Gasteiger charge is 2.34. The minimum absolute atomic E-state index is 0.000694. The standard InChI is InChI=1S/C14H19ClN2O2/c1-10(11-3-4-11)17(7-8-19-2)14(18)12-5-6-16-13(15)9-12/h5-6,9-11H,3-4,7-8H2,1-2H3. The van der Waals surface area contributed by atoms with Crippen LogP contribution in [0.5, 0.6) is 0 Å². The molecule has 1 fully saturated rings. The molecule has 0 bridgehead atoms. The van der Waals surface area contributed by atoms with E-state index in [0.29, 0.717) is 29.8 Å². The van der Waals surface area contributed by atoms with Gasteiger partial charge in [-0.25, -0.2) is 4.98 Å². The predicted octanol–water partition coefficient (Wildman–Crippen LogP) is 2.62. The predicted molar refractivity (Wildman–Crippen MR) is 74.3 cm³/mol. The van der Waals surface area contributed by atoms with Crippen molar-refractivity contribution in [1.29, 1.82) is 0 Å². The second-order valence-electron chi connectivity index (χ2n) is 4.94. The van der Waals surface area contributed by atoms with Crippen LogP contribution in [0.3, 0.4) is 0 Å². The van der Waals surface area contributed by atoms with Crippen LogP contribution in [0.1, 0.15) is 30.1 Å². The molecule has 1 heterocycles. The molecule has 1 aromatic heterocycles. The molecule has 0 saturated heterocycles. The number of pyridine rings is 1. The Labute approximate surface area is 118 Å². The van der Waals surface area contributed by atoms with E-state index in [2.05, 4.69) is 11.9 Å². The number of hydrogen-bond acceptors (Lipinski definition) is 3. The van der Waals surface area contributed by atoms with Crippen LogP contribution in [0.25, 0.3) is 0 Å². The molecule has 0 aromatic carbocycles. The van der Waals surface area contributed by atoms with Crippen LogP contribution in [0, 0.1) is 5.92 Å². The lowest BCUT2D eigenvalue weighted by Gasteiger charge is -2.29. The Morgan fingerprint density at radius 2 is 2.37 bits per heavy atom. The van der Waals surface area contributed by atoms with E-state index in [-0.39, 0.29) is 11.9 Å². The first-order valence-electron chi connectivity index (χ1n) is 6.55. The molecule has 1 aliphatic rings. The third-order valence-electron chi connectivity index (χ3n) is 3.57. The van der Waals surface area contributed by atoms with Crippen molar-refractivity contribution in [3.05, 3.63) is 29.0 Å². The Hall–Kier alpha value is -1.13. The lowest BCUT2D eigenvalue weighted by atomic mass is 10.1. The monoisotopic (exact) mass is 282 g/mol. The summed E-state index contributed by atoms with van der Waals surface area (Å²) in [6, 6.07) is 3.56. The minimum atomic E-state index is 0.000694. The normalized spacial score (nSPS) is 16.2. The van der Waals surface area contributed by atoms with Crippen LogP contribution >= 0.6 is 11.6 Å². The second-order valence-corrected chi connectivity index (χ2v) is 5.32. The number of ether oxygens (including phenoxy) is 1. The van der Waals surface area contributed by atoms with Crippen molar-refractivity contribution < 1.29 is 9.53 Å². The summed E-state index contributed by atoms with van der Waals surface area (Å²) in [5, 5.41) is 0.344. The average Bonchev–Trinajstić information content (AvgIpc) is 3.23. The second kappa shape index (κ2) is 6.35. The van der Waals surface area contributed by atoms with Crippen molar-refractivity contribution in [2.75, 3.05) is 20.3 Å². The summed E-state index contributed by atoms with van der Waals surface area (Å²) in [4.78, 5) is 18.3. The summed E-state index contributed by atoms with van der Waals surface area (Å²) in [5.41, 5.74) is 0.587. The highest BCUT2D eigenvalue weighted by molar-refractivity contribution is 6.29. The summed E-state index contributed by atoms with van der Waals surface area (Å²) in [6.45, 7) is 3.25. The lowest BCUT2D eigenvalue weighted by Crippen LogP contribution is -2.42. The number of methoxy groups -OCH3 is 1. The Morgan fingerprint density at radius 1 is 1.63 bits per heavy atom. The topological polar surface area (TPSA) is 42.4 Å². The van der Waals surface area contributed by atoms with Crippen LogP contribution < -0.4 is 0 Å². The van der Waals surface area contributed by atoms with Crippen LogP contribution in [-0.2, 0) is 4.74 Å². The fourth-order valence-electron chi connectivity index (χ4n) is 2.21. The van der Waals surface area contributed by atoms with Gasteiger partial charge in [0.2, 0.25) is 0 Å². The van der Waals surface area contributed by atoms with Crippen molar-refractivity contribution in [3.63, 3.8) is 0 Å². The molecular formula is C14H19ClN2O2. The van der Waals surface area contributed by atoms with E-state index < -0.39 is 0 Å². The molecule has 0 spiro atoms. The molecule has 2 rings (SSSR count). The zero-order valence-corrected chi connectivity index (χ0v) is 12.1. The SMILES string of the molecule is COCCN(C(=O)c1ccnc(Cl)c1)C(C)C1CC1. The largest absolute Gasteiger partial charge is 0.383 e. The highest BCUT2D eigenvalue weighted by atomic mass is 35.5. The van der Waals surface area contributed by atoms with Gasteiger partial charge in [0, 0.05) is 31.5 Å². The maximum atomic E-state index is 12.6. The summed E-state index contributed by atoms with van der Waals surface area (Å²) in [5.74, 6) is 0.624. The maximum absolute atomic E-state index is 12.6. The van der Waals surface area contributed by atoms with E-state index in [1.807, 2.05) is 4.90 Å². The number of amides is 1. The number of carbonyl (C=O) groups excluding carboxylic acids is 1. The van der Waals surface area contributed by atoms with E-state index >= 15 is 0 Å². The summed E-state index contributed by atoms with van der Waals surface area (Å²) >= 11 is 5.85. The molecular weight excluding hydrogens is 264 g/mol. The first-order valence-corrected chi connectivity index (χ1v) is 6.92. The van der Waals surface area contributed by atoms with Crippen molar-refractivity contribution >= 4 is 17.5 Å². The van der Waals surface area contributed by atoms with Crippen molar-refractivity contribution in [1.82, 2.24) is 9.88 Å². The molecule has 0 N–H and O–H groups in total. The Kier molecular flexibility index (Phi) is 4.77. The van der Waals surface area contributed by atoms with Gasteiger partial charge >= 0.3 is 0 Å². The first kappa shape index (κ1) is 14.3. The molecule has 1 aliphatic carbocycles. The van der Waals surface area contributed by atoms with Gasteiger partial charge in [0.05, 0.1) is 6.61 Å². The van der Waals surface area contributed by atoms with Crippen molar-refractivity contribution in [2.45, 2.75) is 25.8 Å². The van der Waals surface area contributed by atoms with Gasteiger partial charge in [-0.05, 0) is 37.8 Å². The summed E-state index contributed by atoms with van der Waals surface area (Å²) in [7, 11) is 1.65. The van der Waals surface area contributed by atoms with E-state index in [1.54, 1.807) is 25.4 Å². The Morgan fingerprint density at radius 3 is 2.95 bits per heavy atom. The number of hydrogen-bond donors (Lipinski definition) is 0. The van der Waals surface area contributed by atoms with Crippen LogP contribution in [0.4, 0.5) is 0 Å². The molecule has 1 unspecified atom stereocenters. The number of carbonyl (C=O) groups is 1. The zero-order valence-electron chi connectivity index (χ0n) is 11.3. The van der Waals surface area contributed by atoms with E-state index in [0.717, 1.165) is 0 Å². The fourth-order valence-corrected chi connectivity index (χ4v) is 2.39. The molecule has 1 amide bonds.